The Bertz CT molecular complexity index is 1040. The summed E-state index contributed by atoms with van der Waals surface area (Å²) in [6.07, 6.45) is -4.86. The normalized spacial score (nSPS) is 14.1. The van der Waals surface area contributed by atoms with Crippen LogP contribution >= 0.6 is 11.3 Å². The average molecular weight is 369 g/mol. The van der Waals surface area contributed by atoms with E-state index in [2.05, 4.69) is 4.98 Å². The van der Waals surface area contributed by atoms with Gasteiger partial charge in [0.2, 0.25) is 16.9 Å². The number of hydrogen-bond donors (Lipinski definition) is 0. The molecule has 0 spiro atoms. The first-order valence-electron chi connectivity index (χ1n) is 7.25. The zero-order valence-electron chi connectivity index (χ0n) is 12.8. The van der Waals surface area contributed by atoms with E-state index in [9.17, 15) is 18.0 Å². The lowest BCUT2D eigenvalue weighted by Gasteiger charge is -2.20. The first-order chi connectivity index (χ1) is 11.9. The second-order valence-corrected chi connectivity index (χ2v) is 6.41. The minimum Gasteiger partial charge on any atom is -0.486 e. The molecule has 0 aliphatic carbocycles. The molecule has 3 heterocycles. The van der Waals surface area contributed by atoms with Gasteiger partial charge in [-0.25, -0.2) is 4.98 Å². The van der Waals surface area contributed by atoms with Crippen molar-refractivity contribution < 1.29 is 27.1 Å². The van der Waals surface area contributed by atoms with Crippen LogP contribution in [-0.4, -0.2) is 18.2 Å². The van der Waals surface area contributed by atoms with Crippen molar-refractivity contribution in [3.8, 4) is 22.8 Å². The van der Waals surface area contributed by atoms with Gasteiger partial charge in [-0.05, 0) is 19.1 Å². The van der Waals surface area contributed by atoms with Crippen LogP contribution in [0.4, 0.5) is 13.2 Å². The summed E-state index contributed by atoms with van der Waals surface area (Å²) in [7, 11) is 0. The fourth-order valence-corrected chi connectivity index (χ4v) is 3.28. The highest BCUT2D eigenvalue weighted by Crippen LogP contribution is 2.42. The summed E-state index contributed by atoms with van der Waals surface area (Å²) in [6, 6.07) is 2.86. The van der Waals surface area contributed by atoms with E-state index in [-0.39, 0.29) is 41.4 Å². The zero-order chi connectivity index (χ0) is 17.8. The third-order valence-corrected chi connectivity index (χ3v) is 4.47. The maximum absolute atomic E-state index is 13.6. The van der Waals surface area contributed by atoms with Gasteiger partial charge in [0.05, 0.1) is 21.7 Å². The van der Waals surface area contributed by atoms with Gasteiger partial charge in [-0.2, -0.15) is 13.2 Å². The van der Waals surface area contributed by atoms with E-state index < -0.39 is 22.9 Å². The summed E-state index contributed by atoms with van der Waals surface area (Å²) >= 11 is 1.15. The van der Waals surface area contributed by atoms with E-state index in [0.29, 0.717) is 5.01 Å². The number of hydrogen-bond acceptors (Lipinski definition) is 6. The molecule has 1 aliphatic heterocycles. The lowest BCUT2D eigenvalue weighted by molar-refractivity contribution is -0.152. The monoisotopic (exact) mass is 369 g/mol. The number of aromatic nitrogens is 1. The highest BCUT2D eigenvalue weighted by atomic mass is 32.1. The molecule has 4 rings (SSSR count). The summed E-state index contributed by atoms with van der Waals surface area (Å²) in [5.74, 6) is -1.14. The molecule has 2 aromatic heterocycles. The number of thiazole rings is 1. The van der Waals surface area contributed by atoms with Crippen LogP contribution in [0.25, 0.3) is 22.2 Å². The first-order valence-corrected chi connectivity index (χ1v) is 8.13. The molecule has 5 nitrogen and oxygen atoms in total. The second-order valence-electron chi connectivity index (χ2n) is 5.35. The number of alkyl halides is 3. The number of benzene rings is 1. The fraction of sp³-hybridized carbons (Fsp3) is 0.250. The van der Waals surface area contributed by atoms with Crippen LogP contribution in [0.5, 0.6) is 11.5 Å². The average Bonchev–Trinajstić information content (AvgIpc) is 2.99. The quantitative estimate of drug-likeness (QED) is 0.649. The molecule has 1 aromatic carbocycles. The van der Waals surface area contributed by atoms with Crippen molar-refractivity contribution in [2.24, 2.45) is 0 Å². The van der Waals surface area contributed by atoms with Crippen molar-refractivity contribution in [1.29, 1.82) is 0 Å². The Labute approximate surface area is 142 Å². The van der Waals surface area contributed by atoms with Crippen LogP contribution in [0.2, 0.25) is 0 Å². The van der Waals surface area contributed by atoms with Crippen LogP contribution < -0.4 is 14.9 Å². The first kappa shape index (κ1) is 15.9. The van der Waals surface area contributed by atoms with Gasteiger partial charge in [0, 0.05) is 5.38 Å². The third kappa shape index (κ3) is 2.55. The molecule has 0 amide bonds. The molecule has 0 saturated heterocycles. The van der Waals surface area contributed by atoms with Gasteiger partial charge in [-0.15, -0.1) is 11.3 Å². The molecule has 0 unspecified atom stereocenters. The van der Waals surface area contributed by atoms with Crippen molar-refractivity contribution in [3.63, 3.8) is 0 Å². The number of ether oxygens (including phenoxy) is 2. The van der Waals surface area contributed by atoms with Gasteiger partial charge in [-0.3, -0.25) is 4.79 Å². The van der Waals surface area contributed by atoms with Crippen molar-refractivity contribution in [1.82, 2.24) is 4.98 Å². The minimum atomic E-state index is -4.86. The number of halogens is 3. The summed E-state index contributed by atoms with van der Waals surface area (Å²) < 4.78 is 56.5. The Kier molecular flexibility index (Phi) is 3.50. The Hall–Kier alpha value is -2.55. The maximum atomic E-state index is 13.6. The molecule has 9 heteroatoms. The van der Waals surface area contributed by atoms with Gasteiger partial charge in [0.15, 0.2) is 11.3 Å². The SMILES string of the molecule is Cc1nc(-c2c(C(F)(F)F)oc3c4c(ccc3c2=O)OCCO4)cs1. The van der Waals surface area contributed by atoms with Crippen LogP contribution in [-0.2, 0) is 6.18 Å². The summed E-state index contributed by atoms with van der Waals surface area (Å²) in [4.78, 5) is 16.8. The molecule has 130 valence electrons. The van der Waals surface area contributed by atoms with Gasteiger partial charge in [-0.1, -0.05) is 0 Å². The molecule has 0 N–H and O–H groups in total. The number of nitrogens with zero attached hydrogens (tertiary/aromatic N) is 1. The Morgan fingerprint density at radius 3 is 2.64 bits per heavy atom. The maximum Gasteiger partial charge on any atom is 0.450 e. The Balaban J connectivity index is 2.11. The molecule has 0 bridgehead atoms. The smallest absolute Gasteiger partial charge is 0.450 e. The van der Waals surface area contributed by atoms with Crippen molar-refractivity contribution in [2.75, 3.05) is 13.2 Å². The summed E-state index contributed by atoms with van der Waals surface area (Å²) in [5, 5.41) is 1.93. The molecule has 25 heavy (non-hydrogen) atoms. The van der Waals surface area contributed by atoms with Gasteiger partial charge in [0.25, 0.3) is 0 Å². The van der Waals surface area contributed by atoms with E-state index in [1.54, 1.807) is 6.92 Å². The lowest BCUT2D eigenvalue weighted by atomic mass is 10.1. The molecule has 0 saturated carbocycles. The molecule has 0 fully saturated rings. The Morgan fingerprint density at radius 2 is 1.96 bits per heavy atom. The molecule has 3 aromatic rings. The summed E-state index contributed by atoms with van der Waals surface area (Å²) in [6.45, 7) is 2.07. The van der Waals surface area contributed by atoms with E-state index in [1.165, 1.54) is 17.5 Å². The van der Waals surface area contributed by atoms with Crippen LogP contribution in [0.3, 0.4) is 0 Å². The molecular weight excluding hydrogens is 359 g/mol. The predicted molar refractivity (Wildman–Crippen MR) is 84.3 cm³/mol. The highest BCUT2D eigenvalue weighted by Gasteiger charge is 2.40. The van der Waals surface area contributed by atoms with Crippen LogP contribution in [0.15, 0.2) is 26.7 Å². The Morgan fingerprint density at radius 1 is 1.20 bits per heavy atom. The van der Waals surface area contributed by atoms with Crippen LogP contribution in [0, 0.1) is 6.92 Å². The fourth-order valence-electron chi connectivity index (χ4n) is 2.67. The number of fused-ring (bicyclic) bond motifs is 3. The lowest BCUT2D eigenvalue weighted by Crippen LogP contribution is -2.19. The molecule has 0 atom stereocenters. The third-order valence-electron chi connectivity index (χ3n) is 3.70. The molecule has 1 aliphatic rings. The number of rotatable bonds is 1. The van der Waals surface area contributed by atoms with E-state index in [0.717, 1.165) is 11.3 Å². The topological polar surface area (TPSA) is 61.6 Å². The second kappa shape index (κ2) is 5.48. The van der Waals surface area contributed by atoms with Crippen molar-refractivity contribution in [3.05, 3.63) is 38.5 Å². The predicted octanol–water partition coefficient (Wildman–Crippen LogP) is 4.01. The highest BCUT2D eigenvalue weighted by molar-refractivity contribution is 7.09. The zero-order valence-corrected chi connectivity index (χ0v) is 13.6. The molecule has 0 radical (unpaired) electrons. The van der Waals surface area contributed by atoms with Crippen LogP contribution in [0.1, 0.15) is 10.8 Å². The number of aryl methyl sites for hydroxylation is 1. The van der Waals surface area contributed by atoms with E-state index in [1.807, 2.05) is 0 Å². The standard InChI is InChI=1S/C16H10F3NO4S/c1-7-20-9(6-25-7)11-12(21)8-2-3-10-14(23-5-4-22-10)13(8)24-15(11)16(17,18)19/h2-3,6H,4-5H2,1H3. The van der Waals surface area contributed by atoms with Crippen molar-refractivity contribution in [2.45, 2.75) is 13.1 Å². The minimum absolute atomic E-state index is 0.00681. The van der Waals surface area contributed by atoms with Gasteiger partial charge in [0.1, 0.15) is 13.2 Å². The van der Waals surface area contributed by atoms with Gasteiger partial charge >= 0.3 is 6.18 Å². The molecular formula is C16H10F3NO4S. The van der Waals surface area contributed by atoms with Gasteiger partial charge < -0.3 is 13.9 Å². The van der Waals surface area contributed by atoms with Crippen molar-refractivity contribution >= 4 is 22.3 Å². The largest absolute Gasteiger partial charge is 0.486 e. The van der Waals surface area contributed by atoms with E-state index >= 15 is 0 Å². The van der Waals surface area contributed by atoms with E-state index in [4.69, 9.17) is 13.9 Å². The summed E-state index contributed by atoms with van der Waals surface area (Å²) in [5.41, 5.74) is -1.73.